The lowest BCUT2D eigenvalue weighted by Gasteiger charge is -2.44. The Labute approximate surface area is 147 Å². The van der Waals surface area contributed by atoms with Crippen LogP contribution < -0.4 is 4.90 Å². The van der Waals surface area contributed by atoms with Gasteiger partial charge in [0.05, 0.1) is 31.9 Å². The van der Waals surface area contributed by atoms with Gasteiger partial charge in [-0.15, -0.1) is 5.10 Å². The Bertz CT molecular complexity index is 744. The number of hydrogen-bond acceptors (Lipinski definition) is 4. The number of hydrogen-bond donors (Lipinski definition) is 0. The molecule has 2 aliphatic rings. The zero-order chi connectivity index (χ0) is 17.4. The van der Waals surface area contributed by atoms with Gasteiger partial charge < -0.3 is 9.64 Å². The zero-order valence-electron chi connectivity index (χ0n) is 14.9. The molecule has 6 heteroatoms. The van der Waals surface area contributed by atoms with Gasteiger partial charge in [0.2, 0.25) is 0 Å². The third-order valence-corrected chi connectivity index (χ3v) is 5.10. The fraction of sp³-hybridized carbons (Fsp3) is 0.579. The first-order chi connectivity index (χ1) is 12.0. The third-order valence-electron chi connectivity index (χ3n) is 5.10. The van der Waals surface area contributed by atoms with Gasteiger partial charge in [-0.05, 0) is 50.8 Å². The Morgan fingerprint density at radius 2 is 2.16 bits per heavy atom. The molecule has 2 aliphatic heterocycles. The number of alkyl halides is 1. The van der Waals surface area contributed by atoms with Crippen LogP contribution in [0, 0.1) is 6.92 Å². The highest BCUT2D eigenvalue weighted by Crippen LogP contribution is 2.33. The van der Waals surface area contributed by atoms with Gasteiger partial charge in [0.15, 0.2) is 0 Å². The quantitative estimate of drug-likeness (QED) is 0.853. The van der Waals surface area contributed by atoms with Crippen LogP contribution in [0.25, 0.3) is 11.3 Å². The molecule has 3 heterocycles. The van der Waals surface area contributed by atoms with E-state index in [4.69, 9.17) is 4.74 Å². The largest absolute Gasteiger partial charge is 0.376 e. The van der Waals surface area contributed by atoms with E-state index in [0.717, 1.165) is 48.5 Å². The molecule has 25 heavy (non-hydrogen) atoms. The maximum absolute atomic E-state index is 13.7. The minimum Gasteiger partial charge on any atom is -0.376 e. The number of aryl methyl sites for hydroxylation is 1. The van der Waals surface area contributed by atoms with Crippen LogP contribution in [-0.4, -0.2) is 46.5 Å². The summed E-state index contributed by atoms with van der Waals surface area (Å²) in [7, 11) is 0. The van der Waals surface area contributed by atoms with Crippen LogP contribution in [0.1, 0.15) is 31.7 Å². The van der Waals surface area contributed by atoms with Crippen LogP contribution in [0.3, 0.4) is 0 Å². The highest BCUT2D eigenvalue weighted by atomic mass is 19.1. The normalized spacial score (nSPS) is 22.7. The third kappa shape index (κ3) is 3.54. The van der Waals surface area contributed by atoms with E-state index in [-0.39, 0.29) is 6.10 Å². The average molecular weight is 344 g/mol. The molecular formula is C19H25FN4O. The molecule has 1 aromatic carbocycles. The number of nitrogens with zero attached hydrogens (tertiary/aromatic N) is 4. The summed E-state index contributed by atoms with van der Waals surface area (Å²) in [4.78, 5) is 2.06. The molecule has 2 aromatic rings. The van der Waals surface area contributed by atoms with Crippen LogP contribution in [0.4, 0.5) is 10.1 Å². The maximum atomic E-state index is 13.7. The van der Waals surface area contributed by atoms with Crippen molar-refractivity contribution in [2.45, 2.75) is 51.4 Å². The number of aromatic nitrogens is 3. The van der Waals surface area contributed by atoms with E-state index >= 15 is 0 Å². The highest BCUT2D eigenvalue weighted by molar-refractivity contribution is 5.67. The van der Waals surface area contributed by atoms with Gasteiger partial charge in [-0.25, -0.2) is 9.07 Å². The molecule has 0 radical (unpaired) electrons. The molecule has 2 saturated heterocycles. The van der Waals surface area contributed by atoms with Crippen LogP contribution in [0.15, 0.2) is 24.4 Å². The van der Waals surface area contributed by atoms with E-state index in [0.29, 0.717) is 13.1 Å². The van der Waals surface area contributed by atoms with Gasteiger partial charge in [-0.3, -0.25) is 0 Å². The molecule has 0 amide bonds. The second-order valence-corrected chi connectivity index (χ2v) is 7.58. The summed E-state index contributed by atoms with van der Waals surface area (Å²) in [6.07, 6.45) is 5.70. The first-order valence-corrected chi connectivity index (χ1v) is 9.07. The van der Waals surface area contributed by atoms with Crippen molar-refractivity contribution in [3.8, 4) is 11.3 Å². The van der Waals surface area contributed by atoms with E-state index in [1.807, 2.05) is 16.9 Å². The second kappa shape index (κ2) is 6.41. The first kappa shape index (κ1) is 16.5. The Morgan fingerprint density at radius 1 is 1.32 bits per heavy atom. The van der Waals surface area contributed by atoms with Crippen molar-refractivity contribution in [3.05, 3.63) is 30.0 Å². The topological polar surface area (TPSA) is 43.2 Å². The van der Waals surface area contributed by atoms with E-state index in [1.54, 1.807) is 6.92 Å². The lowest BCUT2D eigenvalue weighted by Crippen LogP contribution is -2.57. The standard InChI is InChI=1S/C19H25FN4O/c1-14-9-15(23-12-19(2,20)13-23)6-7-17(14)18-11-24(22-21-18)10-16-5-3-4-8-25-16/h6-7,9,11,16H,3-5,8,10,12-13H2,1-2H3. The van der Waals surface area contributed by atoms with Crippen molar-refractivity contribution < 1.29 is 9.13 Å². The SMILES string of the molecule is Cc1cc(N2CC(C)(F)C2)ccc1-c1cn(CC2CCCCO2)nn1. The number of anilines is 1. The van der Waals surface area contributed by atoms with Crippen molar-refractivity contribution in [3.63, 3.8) is 0 Å². The van der Waals surface area contributed by atoms with Crippen molar-refractivity contribution in [2.75, 3.05) is 24.6 Å². The number of ether oxygens (including phenoxy) is 1. The molecule has 5 nitrogen and oxygen atoms in total. The number of benzene rings is 1. The van der Waals surface area contributed by atoms with Gasteiger partial charge in [-0.2, -0.15) is 0 Å². The highest BCUT2D eigenvalue weighted by Gasteiger charge is 2.38. The van der Waals surface area contributed by atoms with Gasteiger partial charge in [0.25, 0.3) is 0 Å². The zero-order valence-corrected chi connectivity index (χ0v) is 14.9. The molecule has 0 bridgehead atoms. The van der Waals surface area contributed by atoms with Crippen molar-refractivity contribution >= 4 is 5.69 Å². The molecule has 134 valence electrons. The predicted octanol–water partition coefficient (Wildman–Crippen LogP) is 3.37. The second-order valence-electron chi connectivity index (χ2n) is 7.58. The molecule has 1 unspecified atom stereocenters. The van der Waals surface area contributed by atoms with E-state index in [1.165, 1.54) is 6.42 Å². The molecule has 1 aromatic heterocycles. The van der Waals surface area contributed by atoms with Crippen LogP contribution >= 0.6 is 0 Å². The van der Waals surface area contributed by atoms with Crippen molar-refractivity contribution in [1.29, 1.82) is 0 Å². The lowest BCUT2D eigenvalue weighted by atomic mass is 9.96. The smallest absolute Gasteiger partial charge is 0.142 e. The Balaban J connectivity index is 1.46. The molecule has 0 aliphatic carbocycles. The number of halogens is 1. The molecule has 2 fully saturated rings. The summed E-state index contributed by atoms with van der Waals surface area (Å²) < 4.78 is 21.4. The van der Waals surface area contributed by atoms with Crippen LogP contribution in [0.5, 0.6) is 0 Å². The molecular weight excluding hydrogens is 319 g/mol. The molecule has 0 saturated carbocycles. The number of rotatable bonds is 4. The summed E-state index contributed by atoms with van der Waals surface area (Å²) in [6, 6.07) is 6.21. The lowest BCUT2D eigenvalue weighted by molar-refractivity contribution is 0.00370. The van der Waals surface area contributed by atoms with Gasteiger partial charge in [0.1, 0.15) is 11.4 Å². The first-order valence-electron chi connectivity index (χ1n) is 9.07. The molecule has 4 rings (SSSR count). The summed E-state index contributed by atoms with van der Waals surface area (Å²) in [5, 5.41) is 8.59. The van der Waals surface area contributed by atoms with E-state index in [9.17, 15) is 4.39 Å². The molecule has 1 atom stereocenters. The maximum Gasteiger partial charge on any atom is 0.142 e. The minimum atomic E-state index is -1.06. The van der Waals surface area contributed by atoms with Gasteiger partial charge in [-0.1, -0.05) is 11.3 Å². The van der Waals surface area contributed by atoms with Crippen molar-refractivity contribution in [2.24, 2.45) is 0 Å². The monoisotopic (exact) mass is 344 g/mol. The Hall–Kier alpha value is -1.95. The minimum absolute atomic E-state index is 0.244. The van der Waals surface area contributed by atoms with Crippen LogP contribution in [0.2, 0.25) is 0 Å². The fourth-order valence-electron chi connectivity index (χ4n) is 3.74. The van der Waals surface area contributed by atoms with E-state index in [2.05, 4.69) is 34.3 Å². The summed E-state index contributed by atoms with van der Waals surface area (Å²) >= 11 is 0. The summed E-state index contributed by atoms with van der Waals surface area (Å²) in [5.74, 6) is 0. The molecule has 0 N–H and O–H groups in total. The summed E-state index contributed by atoms with van der Waals surface area (Å²) in [6.45, 7) is 6.25. The summed E-state index contributed by atoms with van der Waals surface area (Å²) in [5.41, 5.74) is 3.09. The van der Waals surface area contributed by atoms with Crippen molar-refractivity contribution in [1.82, 2.24) is 15.0 Å². The van der Waals surface area contributed by atoms with Crippen LogP contribution in [-0.2, 0) is 11.3 Å². The van der Waals surface area contributed by atoms with Gasteiger partial charge >= 0.3 is 0 Å². The Kier molecular flexibility index (Phi) is 4.23. The average Bonchev–Trinajstić information content (AvgIpc) is 3.01. The predicted molar refractivity (Wildman–Crippen MR) is 95.5 cm³/mol. The Morgan fingerprint density at radius 3 is 2.84 bits per heavy atom. The fourth-order valence-corrected chi connectivity index (χ4v) is 3.74. The molecule has 0 spiro atoms. The van der Waals surface area contributed by atoms with E-state index < -0.39 is 5.67 Å². The van der Waals surface area contributed by atoms with Gasteiger partial charge in [0, 0.05) is 17.9 Å².